The van der Waals surface area contributed by atoms with Gasteiger partial charge >= 0.3 is 0 Å². The number of fused-ring (bicyclic) bond motifs is 1. The Hall–Kier alpha value is -2.57. The smallest absolute Gasteiger partial charge is 0.237 e. The lowest BCUT2D eigenvalue weighted by Gasteiger charge is -2.33. The summed E-state index contributed by atoms with van der Waals surface area (Å²) in [6.07, 6.45) is 4.51. The highest BCUT2D eigenvalue weighted by molar-refractivity contribution is 5.85. The van der Waals surface area contributed by atoms with Crippen molar-refractivity contribution in [2.45, 2.75) is 39.4 Å². The summed E-state index contributed by atoms with van der Waals surface area (Å²) < 4.78 is 7.69. The summed E-state index contributed by atoms with van der Waals surface area (Å²) >= 11 is 0. The largest absolute Gasteiger partial charge is 0.465 e. The number of furan rings is 1. The lowest BCUT2D eigenvalue weighted by atomic mass is 9.96. The number of primary amides is 1. The molecular weight excluding hydrogens is 376 g/mol. The van der Waals surface area contributed by atoms with Crippen molar-refractivity contribution in [2.75, 3.05) is 26.7 Å². The number of aromatic nitrogens is 1. The zero-order chi connectivity index (χ0) is 21.1. The molecular formula is C24H32N4O2. The number of piperidine rings is 1. The second-order valence-electron chi connectivity index (χ2n) is 8.69. The highest BCUT2D eigenvalue weighted by Gasteiger charge is 2.22. The van der Waals surface area contributed by atoms with Gasteiger partial charge in [0.2, 0.25) is 5.91 Å². The van der Waals surface area contributed by atoms with Crippen LogP contribution in [0.5, 0.6) is 0 Å². The van der Waals surface area contributed by atoms with E-state index in [9.17, 15) is 4.79 Å². The van der Waals surface area contributed by atoms with Crippen molar-refractivity contribution >= 4 is 16.8 Å². The molecule has 1 amide bonds. The van der Waals surface area contributed by atoms with Gasteiger partial charge in [0, 0.05) is 30.2 Å². The number of rotatable bonds is 8. The summed E-state index contributed by atoms with van der Waals surface area (Å²) in [5, 5.41) is 1.20. The number of nitrogens with two attached hydrogens (primary N) is 1. The average Bonchev–Trinajstić information content (AvgIpc) is 3.27. The molecule has 2 N–H and O–H groups in total. The Balaban J connectivity index is 1.32. The van der Waals surface area contributed by atoms with E-state index in [1.807, 2.05) is 23.6 Å². The molecule has 0 radical (unpaired) electrons. The van der Waals surface area contributed by atoms with Crippen LogP contribution >= 0.6 is 0 Å². The summed E-state index contributed by atoms with van der Waals surface area (Å²) in [6, 6.07) is 12.4. The molecule has 3 aromatic rings. The van der Waals surface area contributed by atoms with Gasteiger partial charge in [0.15, 0.2) is 0 Å². The fraction of sp³-hybridized carbons (Fsp3) is 0.458. The lowest BCUT2D eigenvalue weighted by molar-refractivity contribution is -0.118. The van der Waals surface area contributed by atoms with Crippen LogP contribution in [0, 0.1) is 12.8 Å². The molecule has 1 fully saturated rings. The van der Waals surface area contributed by atoms with Crippen LogP contribution in [0.3, 0.4) is 0 Å². The number of aryl methyl sites for hydroxylation is 1. The van der Waals surface area contributed by atoms with Crippen molar-refractivity contribution in [3.8, 4) is 0 Å². The van der Waals surface area contributed by atoms with Crippen molar-refractivity contribution in [3.63, 3.8) is 0 Å². The minimum Gasteiger partial charge on any atom is -0.465 e. The van der Waals surface area contributed by atoms with E-state index in [1.165, 1.54) is 23.8 Å². The van der Waals surface area contributed by atoms with Crippen LogP contribution in [0.1, 0.15) is 29.9 Å². The number of carbonyl (C=O) groups excluding carboxylic acids is 1. The van der Waals surface area contributed by atoms with E-state index < -0.39 is 0 Å². The number of hydrogen-bond acceptors (Lipinski definition) is 4. The number of benzene rings is 1. The fourth-order valence-electron chi connectivity index (χ4n) is 4.66. The summed E-state index contributed by atoms with van der Waals surface area (Å²) in [6.45, 7) is 7.33. The fourth-order valence-corrected chi connectivity index (χ4v) is 4.66. The third-order valence-corrected chi connectivity index (χ3v) is 6.09. The molecule has 0 bridgehead atoms. The van der Waals surface area contributed by atoms with E-state index in [0.29, 0.717) is 5.92 Å². The first kappa shape index (κ1) is 20.7. The molecule has 0 aliphatic carbocycles. The van der Waals surface area contributed by atoms with Crippen molar-refractivity contribution in [1.29, 1.82) is 0 Å². The summed E-state index contributed by atoms with van der Waals surface area (Å²) in [5.74, 6) is 2.45. The molecule has 6 nitrogen and oxygen atoms in total. The molecule has 4 rings (SSSR count). The Morgan fingerprint density at radius 2 is 1.97 bits per heavy atom. The van der Waals surface area contributed by atoms with E-state index >= 15 is 0 Å². The maximum Gasteiger partial charge on any atom is 0.237 e. The van der Waals surface area contributed by atoms with Crippen LogP contribution in [0.2, 0.25) is 0 Å². The minimum atomic E-state index is -0.313. The van der Waals surface area contributed by atoms with Crippen molar-refractivity contribution in [3.05, 3.63) is 59.7 Å². The molecule has 0 unspecified atom stereocenters. The number of likely N-dealkylation sites (tertiary alicyclic amines) is 1. The Labute approximate surface area is 178 Å². The van der Waals surface area contributed by atoms with Gasteiger partial charge in [-0.05, 0) is 69.6 Å². The molecule has 1 saturated heterocycles. The average molecular weight is 409 g/mol. The van der Waals surface area contributed by atoms with Gasteiger partial charge in [-0.15, -0.1) is 0 Å². The Morgan fingerprint density at radius 3 is 2.67 bits per heavy atom. The SMILES string of the molecule is Cc1ccc(CN2CCC(CN(C)Cc3cn(CC(N)=O)c4ccccc34)CC2)o1. The summed E-state index contributed by atoms with van der Waals surface area (Å²) in [5.41, 5.74) is 7.75. The number of para-hydroxylation sites is 1. The molecule has 6 heteroatoms. The van der Waals surface area contributed by atoms with Gasteiger partial charge in [-0.3, -0.25) is 9.69 Å². The van der Waals surface area contributed by atoms with E-state index in [-0.39, 0.29) is 12.5 Å². The summed E-state index contributed by atoms with van der Waals surface area (Å²) in [4.78, 5) is 16.3. The first-order valence-corrected chi connectivity index (χ1v) is 10.8. The Kier molecular flexibility index (Phi) is 6.25. The van der Waals surface area contributed by atoms with Crippen LogP contribution in [0.4, 0.5) is 0 Å². The van der Waals surface area contributed by atoms with E-state index in [2.05, 4.69) is 47.3 Å². The lowest BCUT2D eigenvalue weighted by Crippen LogP contribution is -2.37. The van der Waals surface area contributed by atoms with Crippen LogP contribution < -0.4 is 5.73 Å². The third kappa shape index (κ3) is 4.94. The zero-order valence-corrected chi connectivity index (χ0v) is 18.0. The summed E-state index contributed by atoms with van der Waals surface area (Å²) in [7, 11) is 2.19. The van der Waals surface area contributed by atoms with Crippen LogP contribution in [0.15, 0.2) is 47.0 Å². The van der Waals surface area contributed by atoms with Crippen LogP contribution in [-0.4, -0.2) is 47.0 Å². The minimum absolute atomic E-state index is 0.220. The molecule has 1 aromatic carbocycles. The number of nitrogens with zero attached hydrogens (tertiary/aromatic N) is 3. The maximum atomic E-state index is 11.4. The topological polar surface area (TPSA) is 67.6 Å². The zero-order valence-electron chi connectivity index (χ0n) is 18.0. The molecule has 30 heavy (non-hydrogen) atoms. The molecule has 1 aliphatic rings. The van der Waals surface area contributed by atoms with Gasteiger partial charge in [-0.1, -0.05) is 18.2 Å². The van der Waals surface area contributed by atoms with Gasteiger partial charge in [-0.25, -0.2) is 0 Å². The van der Waals surface area contributed by atoms with Gasteiger partial charge in [0.05, 0.1) is 6.54 Å². The van der Waals surface area contributed by atoms with Crippen molar-refractivity contribution in [1.82, 2.24) is 14.4 Å². The Morgan fingerprint density at radius 1 is 1.20 bits per heavy atom. The van der Waals surface area contributed by atoms with E-state index in [4.69, 9.17) is 10.2 Å². The number of carbonyl (C=O) groups is 1. The predicted molar refractivity (Wildman–Crippen MR) is 119 cm³/mol. The van der Waals surface area contributed by atoms with E-state index in [0.717, 1.165) is 49.8 Å². The first-order valence-electron chi connectivity index (χ1n) is 10.8. The molecule has 2 aromatic heterocycles. The Bertz CT molecular complexity index is 998. The second-order valence-corrected chi connectivity index (χ2v) is 8.69. The molecule has 0 saturated carbocycles. The first-order chi connectivity index (χ1) is 14.5. The standard InChI is InChI=1S/C24H32N4O2/c1-18-7-8-21(30-18)16-27-11-9-19(10-12-27)13-26(2)14-20-15-28(17-24(25)29)23-6-4-3-5-22(20)23/h3-8,15,19H,9-14,16-17H2,1-2H3,(H2,25,29). The molecule has 0 atom stereocenters. The van der Waals surface area contributed by atoms with Gasteiger partial charge in [-0.2, -0.15) is 0 Å². The number of hydrogen-bond donors (Lipinski definition) is 1. The maximum absolute atomic E-state index is 11.4. The molecule has 0 spiro atoms. The predicted octanol–water partition coefficient (Wildman–Crippen LogP) is 3.37. The highest BCUT2D eigenvalue weighted by atomic mass is 16.3. The van der Waals surface area contributed by atoms with E-state index in [1.54, 1.807) is 0 Å². The van der Waals surface area contributed by atoms with Crippen molar-refractivity contribution in [2.24, 2.45) is 11.7 Å². The van der Waals surface area contributed by atoms with Crippen molar-refractivity contribution < 1.29 is 9.21 Å². The molecule has 160 valence electrons. The number of amides is 1. The normalized spacial score (nSPS) is 16.0. The highest BCUT2D eigenvalue weighted by Crippen LogP contribution is 2.24. The monoisotopic (exact) mass is 408 g/mol. The molecule has 3 heterocycles. The third-order valence-electron chi connectivity index (χ3n) is 6.09. The van der Waals surface area contributed by atoms with Gasteiger partial charge in [0.25, 0.3) is 0 Å². The molecule has 1 aliphatic heterocycles. The second kappa shape index (κ2) is 9.06. The van der Waals surface area contributed by atoms with Crippen LogP contribution in [0.25, 0.3) is 10.9 Å². The quantitative estimate of drug-likeness (QED) is 0.621. The van der Waals surface area contributed by atoms with Gasteiger partial charge < -0.3 is 19.6 Å². The van der Waals surface area contributed by atoms with Gasteiger partial charge in [0.1, 0.15) is 18.1 Å². The van der Waals surface area contributed by atoms with Crippen LogP contribution in [-0.2, 0) is 24.4 Å².